The third-order valence-corrected chi connectivity index (χ3v) is 14.3. The molecule has 0 radical (unpaired) electrons. The molecule has 0 fully saturated rings. The van der Waals surface area contributed by atoms with Crippen molar-refractivity contribution in [3.05, 3.63) is 140 Å². The maximum absolute atomic E-state index is 12.7. The standard InChI is InChI=1S/C63H78O6/c1-58(2,3)40-22-34-19-35-23-42(60(7,8)9)30-48(54(35)66)49-31-44(62(13,14)15)26-38(56(49)68)21-39-27-45(63(16,17)18)33-51(57(39)69)50-32-43(61(10,11)12)25-37(55(50)67)20-36-24-41(59(4,5)6)29-47(53(36)65)46(28-40)52(34)64/h22-33,64-69H,19-21H2,1-18H3. The summed E-state index contributed by atoms with van der Waals surface area (Å²) in [6, 6.07) is 23.8. The van der Waals surface area contributed by atoms with Crippen LogP contribution in [0.1, 0.15) is 191 Å². The summed E-state index contributed by atoms with van der Waals surface area (Å²) < 4.78 is 0. The Hall–Kier alpha value is -5.88. The van der Waals surface area contributed by atoms with Crippen molar-refractivity contribution in [2.45, 2.75) is 176 Å². The molecule has 0 atom stereocenters. The smallest absolute Gasteiger partial charge is 0.127 e. The fourth-order valence-corrected chi connectivity index (χ4v) is 9.42. The summed E-state index contributed by atoms with van der Waals surface area (Å²) >= 11 is 0. The first kappa shape index (κ1) is 51.0. The molecule has 7 rings (SSSR count). The van der Waals surface area contributed by atoms with Gasteiger partial charge in [-0.25, -0.2) is 0 Å². The summed E-state index contributed by atoms with van der Waals surface area (Å²) in [5.74, 6) is -0.0420. The number of aromatic hydroxyl groups is 6. The van der Waals surface area contributed by atoms with Crippen LogP contribution in [0.5, 0.6) is 34.5 Å². The van der Waals surface area contributed by atoms with E-state index in [9.17, 15) is 30.6 Å². The molecule has 12 bridgehead atoms. The molecule has 0 spiro atoms. The van der Waals surface area contributed by atoms with Crippen LogP contribution >= 0.6 is 0 Å². The molecule has 6 heteroatoms. The van der Waals surface area contributed by atoms with Gasteiger partial charge in [-0.2, -0.15) is 0 Å². The second-order valence-corrected chi connectivity index (χ2v) is 26.2. The van der Waals surface area contributed by atoms with Crippen LogP contribution < -0.4 is 0 Å². The van der Waals surface area contributed by atoms with Gasteiger partial charge in [0.1, 0.15) is 34.5 Å². The van der Waals surface area contributed by atoms with Crippen LogP contribution in [-0.4, -0.2) is 30.6 Å². The van der Waals surface area contributed by atoms with Gasteiger partial charge in [-0.3, -0.25) is 0 Å². The first-order chi connectivity index (χ1) is 31.4. The predicted molar refractivity (Wildman–Crippen MR) is 286 cm³/mol. The van der Waals surface area contributed by atoms with Crippen LogP contribution in [0, 0.1) is 0 Å². The van der Waals surface area contributed by atoms with E-state index in [4.69, 9.17) is 0 Å². The van der Waals surface area contributed by atoms with Crippen molar-refractivity contribution < 1.29 is 30.6 Å². The van der Waals surface area contributed by atoms with Crippen LogP contribution in [0.4, 0.5) is 0 Å². The number of phenols is 6. The second-order valence-electron chi connectivity index (χ2n) is 26.2. The maximum atomic E-state index is 12.7. The largest absolute Gasteiger partial charge is 0.507 e. The molecule has 6 aromatic carbocycles. The van der Waals surface area contributed by atoms with Crippen LogP contribution in [-0.2, 0) is 51.8 Å². The molecular formula is C63H78O6. The van der Waals surface area contributed by atoms with Gasteiger partial charge >= 0.3 is 0 Å². The minimum atomic E-state index is -0.371. The monoisotopic (exact) mass is 931 g/mol. The predicted octanol–water partition coefficient (Wildman–Crippen LogP) is 15.8. The Kier molecular flexibility index (Phi) is 12.5. The molecule has 0 saturated carbocycles. The highest BCUT2D eigenvalue weighted by atomic mass is 16.3. The molecule has 1 aliphatic rings. The van der Waals surface area contributed by atoms with Crippen LogP contribution in [0.15, 0.2) is 72.8 Å². The summed E-state index contributed by atoms with van der Waals surface area (Å²) in [7, 11) is 0. The number of hydrogen-bond donors (Lipinski definition) is 6. The molecule has 6 N–H and O–H groups in total. The van der Waals surface area contributed by atoms with Gasteiger partial charge in [0.2, 0.25) is 0 Å². The molecule has 6 nitrogen and oxygen atoms in total. The molecule has 0 amide bonds. The Balaban J connectivity index is 1.71. The van der Waals surface area contributed by atoms with E-state index in [2.05, 4.69) is 125 Å². The number of benzene rings is 6. The molecule has 0 aromatic heterocycles. The number of phenolic OH excluding ortho intramolecular Hbond substituents is 6. The average Bonchev–Trinajstić information content (AvgIpc) is 3.19. The van der Waals surface area contributed by atoms with Crippen molar-refractivity contribution in [1.29, 1.82) is 0 Å². The summed E-state index contributed by atoms with van der Waals surface area (Å²) in [6.07, 6.45) is 0.450. The van der Waals surface area contributed by atoms with Crippen molar-refractivity contribution in [2.24, 2.45) is 0 Å². The molecule has 69 heavy (non-hydrogen) atoms. The van der Waals surface area contributed by atoms with E-state index in [1.165, 1.54) is 0 Å². The van der Waals surface area contributed by atoms with Gasteiger partial charge in [0, 0.05) is 52.6 Å². The molecule has 1 aliphatic carbocycles. The highest BCUT2D eigenvalue weighted by Crippen LogP contribution is 2.51. The summed E-state index contributed by atoms with van der Waals surface area (Å²) in [4.78, 5) is 0. The Labute approximate surface area is 412 Å². The number of fused-ring (bicyclic) bond motifs is 15. The van der Waals surface area contributed by atoms with E-state index >= 15 is 0 Å². The number of hydrogen-bond acceptors (Lipinski definition) is 6. The van der Waals surface area contributed by atoms with Crippen molar-refractivity contribution in [3.63, 3.8) is 0 Å². The van der Waals surface area contributed by atoms with E-state index in [-0.39, 0.29) is 86.2 Å². The Bertz CT molecular complexity index is 2480. The van der Waals surface area contributed by atoms with E-state index in [0.29, 0.717) is 66.8 Å². The van der Waals surface area contributed by atoms with Gasteiger partial charge in [-0.15, -0.1) is 0 Å². The van der Waals surface area contributed by atoms with Crippen LogP contribution in [0.3, 0.4) is 0 Å². The van der Waals surface area contributed by atoms with Gasteiger partial charge in [0.15, 0.2) is 0 Å². The maximum Gasteiger partial charge on any atom is 0.127 e. The fourth-order valence-electron chi connectivity index (χ4n) is 9.42. The molecule has 0 aliphatic heterocycles. The van der Waals surface area contributed by atoms with E-state index in [1.54, 1.807) is 0 Å². The highest BCUT2D eigenvalue weighted by molar-refractivity contribution is 5.84. The lowest BCUT2D eigenvalue weighted by atomic mass is 9.79. The van der Waals surface area contributed by atoms with Crippen molar-refractivity contribution in [1.82, 2.24) is 0 Å². The zero-order chi connectivity index (χ0) is 51.5. The molecular weight excluding hydrogens is 853 g/mol. The first-order valence-electron chi connectivity index (χ1n) is 24.6. The SMILES string of the molecule is CC(C)(C)c1cc2c(O)c(c1)-c1cc(C(C)(C)C)cc(c1O)Cc1cc(C(C)(C)C)cc(c1O)-c1cc(C(C)(C)C)cc(c1O)Cc1cc(C(C)(C)C)cc(c1O)-c1cc(C(C)(C)C)cc(c1O)C2. The molecule has 0 saturated heterocycles. The lowest BCUT2D eigenvalue weighted by molar-refractivity contribution is 0.456. The molecule has 6 aromatic rings. The quantitative estimate of drug-likeness (QED) is 0.0901. The van der Waals surface area contributed by atoms with E-state index in [1.807, 2.05) is 72.8 Å². The van der Waals surface area contributed by atoms with Gasteiger partial charge in [-0.05, 0) is 136 Å². The Morgan fingerprint density at radius 1 is 0.217 bits per heavy atom. The topological polar surface area (TPSA) is 121 Å². The number of rotatable bonds is 0. The Morgan fingerprint density at radius 2 is 0.333 bits per heavy atom. The van der Waals surface area contributed by atoms with Crippen molar-refractivity contribution in [3.8, 4) is 67.9 Å². The third kappa shape index (κ3) is 9.96. The van der Waals surface area contributed by atoms with Crippen molar-refractivity contribution >= 4 is 0 Å². The van der Waals surface area contributed by atoms with Crippen LogP contribution in [0.25, 0.3) is 33.4 Å². The van der Waals surface area contributed by atoms with Crippen molar-refractivity contribution in [2.75, 3.05) is 0 Å². The second kappa shape index (κ2) is 16.9. The fraction of sp³-hybridized carbons (Fsp3) is 0.429. The lowest BCUT2D eigenvalue weighted by Gasteiger charge is -2.27. The zero-order valence-electron chi connectivity index (χ0n) is 44.7. The molecule has 0 heterocycles. The third-order valence-electron chi connectivity index (χ3n) is 14.3. The molecule has 366 valence electrons. The summed E-state index contributed by atoms with van der Waals surface area (Å²) in [5.41, 5.74) is 9.66. The first-order valence-corrected chi connectivity index (χ1v) is 24.6. The Morgan fingerprint density at radius 3 is 0.435 bits per heavy atom. The van der Waals surface area contributed by atoms with Gasteiger partial charge < -0.3 is 30.6 Å². The minimum Gasteiger partial charge on any atom is -0.507 e. The van der Waals surface area contributed by atoms with Gasteiger partial charge in [-0.1, -0.05) is 161 Å². The summed E-state index contributed by atoms with van der Waals surface area (Å²) in [6.45, 7) is 38.2. The highest BCUT2D eigenvalue weighted by Gasteiger charge is 2.31. The van der Waals surface area contributed by atoms with Gasteiger partial charge in [0.25, 0.3) is 0 Å². The van der Waals surface area contributed by atoms with Crippen LogP contribution in [0.2, 0.25) is 0 Å². The normalized spacial score (nSPS) is 13.8. The molecule has 0 unspecified atom stereocenters. The lowest BCUT2D eigenvalue weighted by Crippen LogP contribution is -2.14. The zero-order valence-corrected chi connectivity index (χ0v) is 44.7. The van der Waals surface area contributed by atoms with E-state index < -0.39 is 0 Å². The van der Waals surface area contributed by atoms with E-state index in [0.717, 1.165) is 33.4 Å². The van der Waals surface area contributed by atoms with Gasteiger partial charge in [0.05, 0.1) is 0 Å². The summed E-state index contributed by atoms with van der Waals surface area (Å²) in [5, 5.41) is 76.0. The minimum absolute atomic E-state index is 0.00700. The average molecular weight is 931 g/mol.